The Morgan fingerprint density at radius 3 is 2.83 bits per heavy atom. The molecular weight excluding hydrogens is 464 g/mol. The number of halogens is 2. The summed E-state index contributed by atoms with van der Waals surface area (Å²) in [6.07, 6.45) is 6.77. The van der Waals surface area contributed by atoms with Crippen molar-refractivity contribution in [1.29, 1.82) is 0 Å². The van der Waals surface area contributed by atoms with Gasteiger partial charge in [0.25, 0.3) is 0 Å². The van der Waals surface area contributed by atoms with Crippen molar-refractivity contribution in [2.75, 3.05) is 23.8 Å². The van der Waals surface area contributed by atoms with Crippen molar-refractivity contribution in [1.82, 2.24) is 24.7 Å². The normalized spacial score (nSPS) is 16.6. The quantitative estimate of drug-likeness (QED) is 0.392. The number of aromatic nitrogens is 5. The molecule has 0 spiro atoms. The molecule has 0 radical (unpaired) electrons. The number of nitrogens with zero attached hydrogens (tertiary/aromatic N) is 5. The van der Waals surface area contributed by atoms with Crippen LogP contribution in [0.25, 0.3) is 5.69 Å². The molecule has 1 aliphatic carbocycles. The average molecular weight is 488 g/mol. The molecule has 1 aliphatic heterocycles. The number of anilines is 3. The molecule has 3 heterocycles. The maximum atomic E-state index is 14.7. The van der Waals surface area contributed by atoms with E-state index in [1.165, 1.54) is 18.5 Å². The molecule has 4 bridgehead atoms. The maximum absolute atomic E-state index is 14.7. The van der Waals surface area contributed by atoms with Crippen LogP contribution in [-0.2, 0) is 6.42 Å². The van der Waals surface area contributed by atoms with Crippen LogP contribution >= 0.6 is 0 Å². The third kappa shape index (κ3) is 4.04. The average Bonchev–Trinajstić information content (AvgIpc) is 3.47. The van der Waals surface area contributed by atoms with Gasteiger partial charge in [0.1, 0.15) is 47.6 Å². The van der Waals surface area contributed by atoms with Crippen LogP contribution in [0.2, 0.25) is 0 Å². The van der Waals surface area contributed by atoms with E-state index in [4.69, 9.17) is 14.7 Å². The molecule has 36 heavy (non-hydrogen) atoms. The van der Waals surface area contributed by atoms with Crippen molar-refractivity contribution in [3.63, 3.8) is 0 Å². The Labute approximate surface area is 206 Å². The van der Waals surface area contributed by atoms with Crippen molar-refractivity contribution < 1.29 is 13.5 Å². The van der Waals surface area contributed by atoms with Crippen molar-refractivity contribution in [2.24, 2.45) is 0 Å². The van der Waals surface area contributed by atoms with Crippen molar-refractivity contribution in [3.8, 4) is 11.4 Å². The van der Waals surface area contributed by atoms with E-state index >= 15 is 0 Å². The highest BCUT2D eigenvalue weighted by molar-refractivity contribution is 5.64. The highest BCUT2D eigenvalue weighted by Gasteiger charge is 2.31. The van der Waals surface area contributed by atoms with Crippen LogP contribution in [0, 0.1) is 18.6 Å². The summed E-state index contributed by atoms with van der Waals surface area (Å²) in [6.45, 7) is 2.78. The van der Waals surface area contributed by atoms with Gasteiger partial charge < -0.3 is 15.4 Å². The highest BCUT2D eigenvalue weighted by Crippen LogP contribution is 2.41. The fourth-order valence-electron chi connectivity index (χ4n) is 4.74. The Bertz CT molecular complexity index is 1480. The SMILES string of the molecule is Cc1ncnn1-c1ccc2cc1OCC=CCNc1nc(nc3c1CCC3c1ccc(F)cc1F)N2. The molecule has 2 aromatic heterocycles. The first kappa shape index (κ1) is 22.1. The first-order valence-electron chi connectivity index (χ1n) is 11.7. The third-order valence-corrected chi connectivity index (χ3v) is 6.44. The number of rotatable bonds is 2. The van der Waals surface area contributed by atoms with Crippen molar-refractivity contribution in [3.05, 3.63) is 89.2 Å². The molecule has 1 unspecified atom stereocenters. The summed E-state index contributed by atoms with van der Waals surface area (Å²) >= 11 is 0. The monoisotopic (exact) mass is 487 g/mol. The standard InChI is InChI=1S/C26H23F2N7O/c1-15-30-14-31-35(15)22-9-5-17-13-23(22)36-11-3-2-10-29-25-20-8-7-19(24(20)33-26(32-17)34-25)18-6-4-16(27)12-21(18)28/h2-6,9,12-14,19H,7-8,10-11H2,1H3,(H2,29,32,33,34). The Morgan fingerprint density at radius 2 is 2.00 bits per heavy atom. The lowest BCUT2D eigenvalue weighted by atomic mass is 9.96. The minimum Gasteiger partial charge on any atom is -0.487 e. The lowest BCUT2D eigenvalue weighted by Gasteiger charge is -2.16. The van der Waals surface area contributed by atoms with E-state index in [0.29, 0.717) is 49.1 Å². The van der Waals surface area contributed by atoms with Crippen LogP contribution in [0.4, 0.5) is 26.2 Å². The molecule has 8 nitrogen and oxygen atoms in total. The fourth-order valence-corrected chi connectivity index (χ4v) is 4.74. The maximum Gasteiger partial charge on any atom is 0.229 e. The van der Waals surface area contributed by atoms with E-state index in [1.807, 2.05) is 37.3 Å². The second-order valence-corrected chi connectivity index (χ2v) is 8.71. The van der Waals surface area contributed by atoms with E-state index in [9.17, 15) is 8.78 Å². The summed E-state index contributed by atoms with van der Waals surface area (Å²) in [5, 5.41) is 10.9. The van der Waals surface area contributed by atoms with Gasteiger partial charge in [-0.1, -0.05) is 12.1 Å². The van der Waals surface area contributed by atoms with Crippen LogP contribution in [0.5, 0.6) is 5.75 Å². The van der Waals surface area contributed by atoms with Gasteiger partial charge in [-0.3, -0.25) is 0 Å². The van der Waals surface area contributed by atoms with Gasteiger partial charge in [-0.05, 0) is 49.6 Å². The van der Waals surface area contributed by atoms with Gasteiger partial charge in [-0.2, -0.15) is 10.1 Å². The van der Waals surface area contributed by atoms with Gasteiger partial charge in [0, 0.05) is 35.8 Å². The molecular formula is C26H23F2N7O. The fraction of sp³-hybridized carbons (Fsp3) is 0.231. The van der Waals surface area contributed by atoms with E-state index in [-0.39, 0.29) is 5.92 Å². The summed E-state index contributed by atoms with van der Waals surface area (Å²) in [6, 6.07) is 9.37. The molecule has 0 amide bonds. The molecule has 10 heteroatoms. The summed E-state index contributed by atoms with van der Waals surface area (Å²) in [5.74, 6) is 0.998. The predicted octanol–water partition coefficient (Wildman–Crippen LogP) is 4.83. The van der Waals surface area contributed by atoms with Gasteiger partial charge in [0.15, 0.2) is 0 Å². The Kier molecular flexibility index (Phi) is 5.55. The predicted molar refractivity (Wildman–Crippen MR) is 131 cm³/mol. The summed E-state index contributed by atoms with van der Waals surface area (Å²) in [4.78, 5) is 13.7. The number of nitrogens with one attached hydrogen (secondary N) is 2. The molecule has 0 saturated carbocycles. The zero-order chi connectivity index (χ0) is 24.6. The van der Waals surface area contributed by atoms with Crippen LogP contribution in [0.1, 0.15) is 35.0 Å². The van der Waals surface area contributed by atoms with Gasteiger partial charge in [-0.25, -0.2) is 23.4 Å². The van der Waals surface area contributed by atoms with Crippen molar-refractivity contribution >= 4 is 17.5 Å². The zero-order valence-corrected chi connectivity index (χ0v) is 19.5. The molecule has 2 N–H and O–H groups in total. The van der Waals surface area contributed by atoms with Crippen LogP contribution < -0.4 is 15.4 Å². The Balaban J connectivity index is 1.42. The van der Waals surface area contributed by atoms with E-state index in [2.05, 4.69) is 20.7 Å². The van der Waals surface area contributed by atoms with Gasteiger partial charge >= 0.3 is 0 Å². The molecule has 182 valence electrons. The number of hydrogen-bond donors (Lipinski definition) is 2. The molecule has 0 saturated heterocycles. The molecule has 4 aromatic rings. The number of fused-ring (bicyclic) bond motifs is 6. The second-order valence-electron chi connectivity index (χ2n) is 8.71. The zero-order valence-electron chi connectivity index (χ0n) is 19.5. The second kappa shape index (κ2) is 9.03. The lowest BCUT2D eigenvalue weighted by Crippen LogP contribution is -2.10. The molecule has 0 fully saturated rings. The summed E-state index contributed by atoms with van der Waals surface area (Å²) in [5.41, 5.74) is 3.62. The highest BCUT2D eigenvalue weighted by atomic mass is 19.1. The van der Waals surface area contributed by atoms with Gasteiger partial charge in [0.2, 0.25) is 5.95 Å². The number of aryl methyl sites for hydroxylation is 1. The first-order valence-corrected chi connectivity index (χ1v) is 11.7. The van der Waals surface area contributed by atoms with E-state index in [1.54, 1.807) is 4.68 Å². The largest absolute Gasteiger partial charge is 0.487 e. The smallest absolute Gasteiger partial charge is 0.229 e. The first-order chi connectivity index (χ1) is 17.6. The lowest BCUT2D eigenvalue weighted by molar-refractivity contribution is 0.360. The van der Waals surface area contributed by atoms with E-state index in [0.717, 1.165) is 34.5 Å². The molecule has 2 aromatic carbocycles. The summed E-state index contributed by atoms with van der Waals surface area (Å²) in [7, 11) is 0. The summed E-state index contributed by atoms with van der Waals surface area (Å²) < 4.78 is 36.0. The minimum absolute atomic E-state index is 0.285. The van der Waals surface area contributed by atoms with Crippen LogP contribution in [0.15, 0.2) is 54.9 Å². The van der Waals surface area contributed by atoms with Crippen LogP contribution in [0.3, 0.4) is 0 Å². The van der Waals surface area contributed by atoms with Gasteiger partial charge in [-0.15, -0.1) is 0 Å². The van der Waals surface area contributed by atoms with Gasteiger partial charge in [0.05, 0.1) is 5.69 Å². The third-order valence-electron chi connectivity index (χ3n) is 6.44. The minimum atomic E-state index is -0.596. The topological polar surface area (TPSA) is 89.8 Å². The Morgan fingerprint density at radius 1 is 1.08 bits per heavy atom. The number of ether oxygens (including phenoxy) is 1. The number of hydrogen-bond acceptors (Lipinski definition) is 7. The molecule has 1 atom stereocenters. The molecule has 2 aliphatic rings. The van der Waals surface area contributed by atoms with Crippen LogP contribution in [-0.4, -0.2) is 37.9 Å². The number of benzene rings is 2. The molecule has 6 rings (SSSR count). The van der Waals surface area contributed by atoms with E-state index < -0.39 is 11.6 Å². The van der Waals surface area contributed by atoms with Crippen molar-refractivity contribution in [2.45, 2.75) is 25.7 Å². The Hall–Kier alpha value is -4.34.